The van der Waals surface area contributed by atoms with Crippen LogP contribution >= 0.6 is 0 Å². The van der Waals surface area contributed by atoms with E-state index in [4.69, 9.17) is 4.74 Å². The van der Waals surface area contributed by atoms with Crippen molar-refractivity contribution in [3.8, 4) is 5.75 Å². The molecule has 0 bridgehead atoms. The molecular weight excluding hydrogens is 503 g/mol. The van der Waals surface area contributed by atoms with Crippen molar-refractivity contribution in [3.63, 3.8) is 0 Å². The van der Waals surface area contributed by atoms with Gasteiger partial charge in [0.25, 0.3) is 5.91 Å². The Bertz CT molecular complexity index is 1720. The molecule has 2 aromatic heterocycles. The van der Waals surface area contributed by atoms with E-state index in [0.29, 0.717) is 30.1 Å². The number of halogens is 3. The van der Waals surface area contributed by atoms with Crippen LogP contribution in [0.2, 0.25) is 0 Å². The average Bonchev–Trinajstić information content (AvgIpc) is 3.30. The highest BCUT2D eigenvalue weighted by Crippen LogP contribution is 2.38. The number of aromatic nitrogens is 2. The first kappa shape index (κ1) is 25.0. The Labute approximate surface area is 223 Å². The summed E-state index contributed by atoms with van der Waals surface area (Å²) in [5.41, 5.74) is 3.90. The molecule has 8 heteroatoms. The number of amides is 1. The second kappa shape index (κ2) is 9.45. The predicted molar refractivity (Wildman–Crippen MR) is 143 cm³/mol. The molecule has 5 aromatic rings. The lowest BCUT2D eigenvalue weighted by atomic mass is 9.93. The average molecular weight is 530 g/mol. The third-order valence-electron chi connectivity index (χ3n) is 7.48. The van der Waals surface area contributed by atoms with Gasteiger partial charge in [0.2, 0.25) is 0 Å². The van der Waals surface area contributed by atoms with Gasteiger partial charge in [0, 0.05) is 19.2 Å². The van der Waals surface area contributed by atoms with Crippen LogP contribution in [0.5, 0.6) is 5.75 Å². The number of imidazole rings is 1. The van der Waals surface area contributed by atoms with E-state index in [2.05, 4.69) is 4.98 Å². The molecule has 0 saturated heterocycles. The molecule has 1 amide bonds. The van der Waals surface area contributed by atoms with E-state index in [1.54, 1.807) is 9.30 Å². The zero-order valence-corrected chi connectivity index (χ0v) is 21.5. The van der Waals surface area contributed by atoms with Crippen molar-refractivity contribution in [2.75, 3.05) is 13.2 Å². The van der Waals surface area contributed by atoms with E-state index in [1.807, 2.05) is 74.5 Å². The number of ether oxygens (including phenoxy) is 1. The van der Waals surface area contributed by atoms with Crippen molar-refractivity contribution in [1.29, 1.82) is 0 Å². The van der Waals surface area contributed by atoms with Crippen molar-refractivity contribution in [3.05, 3.63) is 113 Å². The smallest absolute Gasteiger partial charge is 0.416 e. The first-order chi connectivity index (χ1) is 18.7. The molecule has 1 atom stereocenters. The fourth-order valence-electron chi connectivity index (χ4n) is 5.29. The van der Waals surface area contributed by atoms with Crippen LogP contribution in [-0.2, 0) is 17.4 Å². The van der Waals surface area contributed by atoms with Crippen molar-refractivity contribution < 1.29 is 22.7 Å². The molecule has 1 aliphatic rings. The Morgan fingerprint density at radius 1 is 0.974 bits per heavy atom. The fraction of sp³-hybridized carbons (Fsp3) is 0.226. The van der Waals surface area contributed by atoms with Crippen LogP contribution < -0.4 is 4.74 Å². The highest BCUT2D eigenvalue weighted by Gasteiger charge is 2.37. The number of pyridine rings is 1. The lowest BCUT2D eigenvalue weighted by molar-refractivity contribution is -0.137. The SMILES string of the molecule is Cc1ccc(C2c3c(nc4cc(C(F)(F)F)ccn34)CCN2C(=O)COc2ccc3ccccc3c2)cc1C. The lowest BCUT2D eigenvalue weighted by Gasteiger charge is -2.36. The molecule has 0 spiro atoms. The van der Waals surface area contributed by atoms with Gasteiger partial charge in [-0.1, -0.05) is 48.5 Å². The van der Waals surface area contributed by atoms with Gasteiger partial charge in [-0.15, -0.1) is 0 Å². The Morgan fingerprint density at radius 2 is 1.77 bits per heavy atom. The molecule has 198 valence electrons. The molecule has 0 N–H and O–H groups in total. The normalized spacial score (nSPS) is 15.5. The number of fused-ring (bicyclic) bond motifs is 4. The van der Waals surface area contributed by atoms with Crippen molar-refractivity contribution in [2.24, 2.45) is 0 Å². The molecule has 5 nitrogen and oxygen atoms in total. The summed E-state index contributed by atoms with van der Waals surface area (Å²) in [7, 11) is 0. The number of hydrogen-bond acceptors (Lipinski definition) is 3. The van der Waals surface area contributed by atoms with Crippen LogP contribution in [-0.4, -0.2) is 33.3 Å². The maximum atomic E-state index is 13.6. The number of carbonyl (C=O) groups is 1. The summed E-state index contributed by atoms with van der Waals surface area (Å²) in [6.45, 7) is 4.23. The fourth-order valence-corrected chi connectivity index (χ4v) is 5.29. The van der Waals surface area contributed by atoms with Gasteiger partial charge in [0.05, 0.1) is 23.0 Å². The summed E-state index contributed by atoms with van der Waals surface area (Å²) in [4.78, 5) is 19.9. The topological polar surface area (TPSA) is 46.8 Å². The Hall–Kier alpha value is -4.33. The highest BCUT2D eigenvalue weighted by molar-refractivity contribution is 5.84. The molecule has 0 fully saturated rings. The molecule has 0 saturated carbocycles. The molecule has 1 unspecified atom stereocenters. The van der Waals surface area contributed by atoms with Crippen molar-refractivity contribution in [2.45, 2.75) is 32.5 Å². The minimum atomic E-state index is -4.47. The minimum Gasteiger partial charge on any atom is -0.484 e. The van der Waals surface area contributed by atoms with E-state index in [0.717, 1.165) is 39.6 Å². The summed E-state index contributed by atoms with van der Waals surface area (Å²) in [6.07, 6.45) is -2.64. The van der Waals surface area contributed by atoms with Crippen LogP contribution in [0.25, 0.3) is 16.4 Å². The number of nitrogens with zero attached hydrogens (tertiary/aromatic N) is 3. The van der Waals surface area contributed by atoms with Crippen LogP contribution in [0.3, 0.4) is 0 Å². The predicted octanol–water partition coefficient (Wildman–Crippen LogP) is 6.68. The van der Waals surface area contributed by atoms with E-state index >= 15 is 0 Å². The lowest BCUT2D eigenvalue weighted by Crippen LogP contribution is -2.43. The Morgan fingerprint density at radius 3 is 2.54 bits per heavy atom. The number of rotatable bonds is 4. The highest BCUT2D eigenvalue weighted by atomic mass is 19.4. The molecule has 39 heavy (non-hydrogen) atoms. The van der Waals surface area contributed by atoms with Crippen LogP contribution in [0, 0.1) is 13.8 Å². The van der Waals surface area contributed by atoms with Crippen LogP contribution in [0.4, 0.5) is 13.2 Å². The van der Waals surface area contributed by atoms with Gasteiger partial charge < -0.3 is 14.0 Å². The van der Waals surface area contributed by atoms with E-state index < -0.39 is 17.8 Å². The van der Waals surface area contributed by atoms with E-state index in [9.17, 15) is 18.0 Å². The first-order valence-corrected chi connectivity index (χ1v) is 12.8. The van der Waals surface area contributed by atoms with Gasteiger partial charge in [-0.3, -0.25) is 4.79 Å². The quantitative estimate of drug-likeness (QED) is 0.261. The van der Waals surface area contributed by atoms with Gasteiger partial charge in [-0.05, 0) is 65.6 Å². The van der Waals surface area contributed by atoms with Crippen molar-refractivity contribution >= 4 is 22.3 Å². The molecular formula is C31H26F3N3O2. The van der Waals surface area contributed by atoms with Crippen LogP contribution in [0.15, 0.2) is 79.0 Å². The summed E-state index contributed by atoms with van der Waals surface area (Å²) in [6, 6.07) is 21.2. The second-order valence-electron chi connectivity index (χ2n) is 9.97. The molecule has 3 heterocycles. The maximum Gasteiger partial charge on any atom is 0.416 e. The second-order valence-corrected chi connectivity index (χ2v) is 9.97. The summed E-state index contributed by atoms with van der Waals surface area (Å²) < 4.78 is 47.8. The van der Waals surface area contributed by atoms with Gasteiger partial charge in [-0.2, -0.15) is 13.2 Å². The monoisotopic (exact) mass is 529 g/mol. The maximum absolute atomic E-state index is 13.6. The summed E-state index contributed by atoms with van der Waals surface area (Å²) in [5.74, 6) is 0.385. The molecule has 0 radical (unpaired) electrons. The Kier molecular flexibility index (Phi) is 6.05. The summed E-state index contributed by atoms with van der Waals surface area (Å²) in [5, 5.41) is 2.10. The molecule has 3 aromatic carbocycles. The number of aryl methyl sites for hydroxylation is 2. The molecule has 1 aliphatic heterocycles. The number of hydrogen-bond donors (Lipinski definition) is 0. The third kappa shape index (κ3) is 4.60. The first-order valence-electron chi connectivity index (χ1n) is 12.8. The molecule has 6 rings (SSSR count). The van der Waals surface area contributed by atoms with Gasteiger partial charge >= 0.3 is 6.18 Å². The summed E-state index contributed by atoms with van der Waals surface area (Å²) >= 11 is 0. The van der Waals surface area contributed by atoms with E-state index in [-0.39, 0.29) is 18.2 Å². The van der Waals surface area contributed by atoms with Crippen molar-refractivity contribution in [1.82, 2.24) is 14.3 Å². The standard InChI is InChI=1S/C31H26F3N3O2/c1-19-7-8-23(15-20(19)2)29-30-26(35-27-17-24(31(32,33)34)11-13-36(27)30)12-14-37(29)28(38)18-39-25-10-9-21-5-3-4-6-22(21)16-25/h3-11,13,15-17,29H,12,14,18H2,1-2H3. The van der Waals surface area contributed by atoms with Crippen LogP contribution in [0.1, 0.15) is 39.7 Å². The number of benzene rings is 3. The van der Waals surface area contributed by atoms with Gasteiger partial charge in [-0.25, -0.2) is 4.98 Å². The number of alkyl halides is 3. The van der Waals surface area contributed by atoms with Gasteiger partial charge in [0.1, 0.15) is 11.4 Å². The van der Waals surface area contributed by atoms with Gasteiger partial charge in [0.15, 0.2) is 6.61 Å². The zero-order chi connectivity index (χ0) is 27.3. The van der Waals surface area contributed by atoms with E-state index in [1.165, 1.54) is 6.20 Å². The number of carbonyl (C=O) groups excluding carboxylic acids is 1. The minimum absolute atomic E-state index is 0.163. The molecule has 0 aliphatic carbocycles. The zero-order valence-electron chi connectivity index (χ0n) is 21.5. The Balaban J connectivity index is 1.37. The third-order valence-corrected chi connectivity index (χ3v) is 7.48. The largest absolute Gasteiger partial charge is 0.484 e.